The van der Waals surface area contributed by atoms with Crippen LogP contribution in [-0.4, -0.2) is 25.6 Å². The van der Waals surface area contributed by atoms with E-state index < -0.39 is 8.32 Å². The minimum Gasteiger partial charge on any atom is -0.414 e. The van der Waals surface area contributed by atoms with Gasteiger partial charge in [-0.05, 0) is 44.3 Å². The fourth-order valence-corrected chi connectivity index (χ4v) is 2.96. The van der Waals surface area contributed by atoms with Gasteiger partial charge in [-0.15, -0.1) is 0 Å². The van der Waals surface area contributed by atoms with Crippen LogP contribution in [0.5, 0.6) is 0 Å². The Bertz CT molecular complexity index is 252. The van der Waals surface area contributed by atoms with Crippen LogP contribution in [0.1, 0.15) is 53.9 Å². The zero-order valence-corrected chi connectivity index (χ0v) is 14.3. The Kier molecular flexibility index (Phi) is 7.41. The lowest BCUT2D eigenvalue weighted by Gasteiger charge is -2.39. The van der Waals surface area contributed by atoms with Gasteiger partial charge in [0, 0.05) is 0 Å². The summed E-state index contributed by atoms with van der Waals surface area (Å²) in [5.74, 6) is 0. The SMILES string of the molecule is CC/C=C\C[C@H](C[C@@H](C)O)O[Si](C)(C)C(C)(C)C. The Labute approximate surface area is 115 Å². The Morgan fingerprint density at radius 3 is 2.17 bits per heavy atom. The maximum absolute atomic E-state index is 9.59. The number of allylic oxidation sites excluding steroid dienone is 1. The fraction of sp³-hybridized carbons (Fsp3) is 0.867. The highest BCUT2D eigenvalue weighted by molar-refractivity contribution is 6.74. The summed E-state index contributed by atoms with van der Waals surface area (Å²) in [5, 5.41) is 9.81. The number of rotatable bonds is 7. The van der Waals surface area contributed by atoms with Gasteiger partial charge < -0.3 is 9.53 Å². The van der Waals surface area contributed by atoms with Crippen molar-refractivity contribution in [3.8, 4) is 0 Å². The molecule has 0 heterocycles. The van der Waals surface area contributed by atoms with Gasteiger partial charge in [0.05, 0.1) is 12.2 Å². The summed E-state index contributed by atoms with van der Waals surface area (Å²) >= 11 is 0. The van der Waals surface area contributed by atoms with Gasteiger partial charge in [-0.25, -0.2) is 0 Å². The van der Waals surface area contributed by atoms with Crippen LogP contribution < -0.4 is 0 Å². The maximum Gasteiger partial charge on any atom is 0.192 e. The molecule has 1 N–H and O–H groups in total. The zero-order valence-electron chi connectivity index (χ0n) is 13.3. The topological polar surface area (TPSA) is 29.5 Å². The van der Waals surface area contributed by atoms with Crippen molar-refractivity contribution >= 4 is 8.32 Å². The molecule has 0 aliphatic rings. The first-order valence-electron chi connectivity index (χ1n) is 7.11. The van der Waals surface area contributed by atoms with Gasteiger partial charge in [0.2, 0.25) is 0 Å². The molecule has 0 rings (SSSR count). The minimum atomic E-state index is -1.74. The predicted molar refractivity (Wildman–Crippen MR) is 82.4 cm³/mol. The number of aliphatic hydroxyl groups excluding tert-OH is 1. The zero-order chi connectivity index (χ0) is 14.4. The molecular formula is C15H32O2Si. The molecule has 108 valence electrons. The average molecular weight is 273 g/mol. The van der Waals surface area contributed by atoms with Gasteiger partial charge in [0.1, 0.15) is 0 Å². The largest absolute Gasteiger partial charge is 0.414 e. The number of aliphatic hydroxyl groups is 1. The molecule has 0 aliphatic heterocycles. The average Bonchev–Trinajstić information content (AvgIpc) is 2.14. The second kappa shape index (κ2) is 7.46. The van der Waals surface area contributed by atoms with Crippen molar-refractivity contribution in [1.29, 1.82) is 0 Å². The van der Waals surface area contributed by atoms with Gasteiger partial charge in [-0.1, -0.05) is 39.8 Å². The molecule has 0 bridgehead atoms. The lowest BCUT2D eigenvalue weighted by Crippen LogP contribution is -2.44. The summed E-state index contributed by atoms with van der Waals surface area (Å²) < 4.78 is 6.39. The third kappa shape index (κ3) is 6.71. The summed E-state index contributed by atoms with van der Waals surface area (Å²) in [6.07, 6.45) is 6.89. The molecule has 0 aromatic heterocycles. The standard InChI is InChI=1S/C15H32O2Si/c1-8-9-10-11-14(12-13(2)16)17-18(6,7)15(3,4)5/h9-10,13-14,16H,8,11-12H2,1-7H3/b10-9-/t13-,14-/m1/s1. The molecule has 0 radical (unpaired) electrons. The Hall–Kier alpha value is -0.123. The normalized spacial score (nSPS) is 17.1. The smallest absolute Gasteiger partial charge is 0.192 e. The van der Waals surface area contributed by atoms with Crippen LogP contribution >= 0.6 is 0 Å². The van der Waals surface area contributed by atoms with Crippen molar-refractivity contribution in [3.63, 3.8) is 0 Å². The Morgan fingerprint density at radius 2 is 1.78 bits per heavy atom. The van der Waals surface area contributed by atoms with Crippen molar-refractivity contribution in [2.75, 3.05) is 0 Å². The van der Waals surface area contributed by atoms with Gasteiger partial charge >= 0.3 is 0 Å². The van der Waals surface area contributed by atoms with Crippen LogP contribution in [0.2, 0.25) is 18.1 Å². The summed E-state index contributed by atoms with van der Waals surface area (Å²) in [5.41, 5.74) is 0. The molecule has 0 aliphatic carbocycles. The molecule has 0 fully saturated rings. The molecule has 0 saturated heterocycles. The second-order valence-electron chi connectivity index (χ2n) is 6.70. The summed E-state index contributed by atoms with van der Waals surface area (Å²) in [6.45, 7) is 15.3. The van der Waals surface area contributed by atoms with Crippen molar-refractivity contribution in [2.24, 2.45) is 0 Å². The van der Waals surface area contributed by atoms with E-state index in [9.17, 15) is 5.11 Å². The van der Waals surface area contributed by atoms with E-state index >= 15 is 0 Å². The van der Waals surface area contributed by atoms with Crippen LogP contribution in [0.15, 0.2) is 12.2 Å². The molecule has 0 spiro atoms. The molecule has 0 saturated carbocycles. The van der Waals surface area contributed by atoms with Crippen molar-refractivity contribution in [1.82, 2.24) is 0 Å². The summed E-state index contributed by atoms with van der Waals surface area (Å²) in [7, 11) is -1.74. The van der Waals surface area contributed by atoms with Gasteiger partial charge in [-0.2, -0.15) is 0 Å². The molecule has 3 heteroatoms. The van der Waals surface area contributed by atoms with E-state index in [0.29, 0.717) is 0 Å². The summed E-state index contributed by atoms with van der Waals surface area (Å²) in [6, 6.07) is 0. The van der Waals surface area contributed by atoms with E-state index in [-0.39, 0.29) is 17.2 Å². The molecule has 2 atom stereocenters. The highest BCUT2D eigenvalue weighted by Gasteiger charge is 2.39. The Morgan fingerprint density at radius 1 is 1.22 bits per heavy atom. The second-order valence-corrected chi connectivity index (χ2v) is 11.5. The number of hydrogen-bond donors (Lipinski definition) is 1. The van der Waals surface area contributed by atoms with E-state index in [1.54, 1.807) is 0 Å². The van der Waals surface area contributed by atoms with Gasteiger partial charge in [0.25, 0.3) is 0 Å². The quantitative estimate of drug-likeness (QED) is 0.546. The van der Waals surface area contributed by atoms with Crippen molar-refractivity contribution in [3.05, 3.63) is 12.2 Å². The maximum atomic E-state index is 9.59. The predicted octanol–water partition coefficient (Wildman–Crippen LogP) is 4.50. The molecular weight excluding hydrogens is 240 g/mol. The van der Waals surface area contributed by atoms with Crippen molar-refractivity contribution in [2.45, 2.75) is 84.2 Å². The van der Waals surface area contributed by atoms with Crippen LogP contribution in [0, 0.1) is 0 Å². The van der Waals surface area contributed by atoms with Gasteiger partial charge in [0.15, 0.2) is 8.32 Å². The van der Waals surface area contributed by atoms with Crippen LogP contribution in [0.4, 0.5) is 0 Å². The van der Waals surface area contributed by atoms with Crippen LogP contribution in [-0.2, 0) is 4.43 Å². The lowest BCUT2D eigenvalue weighted by atomic mass is 10.1. The lowest BCUT2D eigenvalue weighted by molar-refractivity contribution is 0.0981. The molecule has 18 heavy (non-hydrogen) atoms. The van der Waals surface area contributed by atoms with Crippen LogP contribution in [0.25, 0.3) is 0 Å². The molecule has 2 nitrogen and oxygen atoms in total. The summed E-state index contributed by atoms with van der Waals surface area (Å²) in [4.78, 5) is 0. The Balaban J connectivity index is 4.62. The third-order valence-electron chi connectivity index (χ3n) is 3.67. The van der Waals surface area contributed by atoms with E-state index in [0.717, 1.165) is 19.3 Å². The monoisotopic (exact) mass is 272 g/mol. The van der Waals surface area contributed by atoms with E-state index in [1.165, 1.54) is 0 Å². The van der Waals surface area contributed by atoms with Crippen LogP contribution in [0.3, 0.4) is 0 Å². The first kappa shape index (κ1) is 17.9. The van der Waals surface area contributed by atoms with E-state index in [1.807, 2.05) is 6.92 Å². The van der Waals surface area contributed by atoms with Crippen molar-refractivity contribution < 1.29 is 9.53 Å². The van der Waals surface area contributed by atoms with Gasteiger partial charge in [-0.3, -0.25) is 0 Å². The minimum absolute atomic E-state index is 0.147. The fourth-order valence-electron chi connectivity index (χ4n) is 1.58. The molecule has 0 amide bonds. The number of hydrogen-bond acceptors (Lipinski definition) is 2. The highest BCUT2D eigenvalue weighted by Crippen LogP contribution is 2.38. The first-order chi connectivity index (χ1) is 8.10. The molecule has 0 unspecified atom stereocenters. The third-order valence-corrected chi connectivity index (χ3v) is 8.21. The highest BCUT2D eigenvalue weighted by atomic mass is 28.4. The molecule has 0 aromatic carbocycles. The first-order valence-corrected chi connectivity index (χ1v) is 10.0. The molecule has 0 aromatic rings. The van der Waals surface area contributed by atoms with E-state index in [2.05, 4.69) is 52.9 Å². The van der Waals surface area contributed by atoms with E-state index in [4.69, 9.17) is 4.43 Å².